The second-order valence-corrected chi connectivity index (χ2v) is 6.25. The quantitative estimate of drug-likeness (QED) is 0.803. The van der Waals surface area contributed by atoms with Crippen LogP contribution in [0.1, 0.15) is 16.7 Å². The molecule has 2 aromatic rings. The lowest BCUT2D eigenvalue weighted by atomic mass is 9.73. The summed E-state index contributed by atoms with van der Waals surface area (Å²) >= 11 is 3.38. The molecule has 0 radical (unpaired) electrons. The lowest BCUT2D eigenvalue weighted by Crippen LogP contribution is -2.31. The second-order valence-electron chi connectivity index (χ2n) is 5.34. The first-order chi connectivity index (χ1) is 11.5. The minimum absolute atomic E-state index is 0.0483. The lowest BCUT2D eigenvalue weighted by molar-refractivity contribution is -0.136. The third-order valence-corrected chi connectivity index (χ3v) is 4.65. The molecule has 1 aliphatic rings. The molecule has 2 N–H and O–H groups in total. The van der Waals surface area contributed by atoms with Gasteiger partial charge in [0.15, 0.2) is 0 Å². The van der Waals surface area contributed by atoms with Crippen LogP contribution in [-0.4, -0.2) is 13.1 Å². The number of methoxy groups -OCH3 is 1. The van der Waals surface area contributed by atoms with Crippen LogP contribution >= 0.6 is 15.9 Å². The van der Waals surface area contributed by atoms with Gasteiger partial charge in [-0.15, -0.1) is 0 Å². The molecule has 1 aliphatic carbocycles. The number of nitrogens with zero attached hydrogens (tertiary/aromatic N) is 1. The smallest absolute Gasteiger partial charge is 0.338 e. The molecule has 0 spiro atoms. The van der Waals surface area contributed by atoms with Gasteiger partial charge in [0.05, 0.1) is 24.4 Å². The highest BCUT2D eigenvalue weighted by Crippen LogP contribution is 2.49. The number of fused-ring (bicyclic) bond motifs is 1. The van der Waals surface area contributed by atoms with Crippen molar-refractivity contribution in [1.29, 1.82) is 5.26 Å². The van der Waals surface area contributed by atoms with Crippen LogP contribution in [0, 0.1) is 17.1 Å². The maximum atomic E-state index is 13.3. The van der Waals surface area contributed by atoms with Crippen LogP contribution in [0.5, 0.6) is 0 Å². The highest BCUT2D eigenvalue weighted by Gasteiger charge is 2.50. The fraction of sp³-hybridized carbons (Fsp3) is 0.111. The molecule has 4 nitrogen and oxygen atoms in total. The molecule has 120 valence electrons. The van der Waals surface area contributed by atoms with Gasteiger partial charge in [-0.2, -0.15) is 5.26 Å². The van der Waals surface area contributed by atoms with Crippen LogP contribution < -0.4 is 5.73 Å². The molecule has 0 saturated heterocycles. The summed E-state index contributed by atoms with van der Waals surface area (Å²) in [5, 5.41) is 10.1. The minimum Gasteiger partial charge on any atom is -0.466 e. The van der Waals surface area contributed by atoms with Crippen molar-refractivity contribution in [3.05, 3.63) is 75.0 Å². The Morgan fingerprint density at radius 1 is 1.29 bits per heavy atom. The number of halogens is 2. The molecule has 6 heteroatoms. The van der Waals surface area contributed by atoms with E-state index in [-0.39, 0.29) is 11.3 Å². The summed E-state index contributed by atoms with van der Waals surface area (Å²) < 4.78 is 18.9. The zero-order chi connectivity index (χ0) is 17.5. The van der Waals surface area contributed by atoms with Gasteiger partial charge in [-0.05, 0) is 35.4 Å². The van der Waals surface area contributed by atoms with Crippen molar-refractivity contribution >= 4 is 27.6 Å². The number of hydrogen-bond acceptors (Lipinski definition) is 4. The third-order valence-electron chi connectivity index (χ3n) is 4.15. The Kier molecular flexibility index (Phi) is 3.90. The normalized spacial score (nSPS) is 18.9. The first-order valence-corrected chi connectivity index (χ1v) is 7.81. The number of nitrogens with two attached hydrogens (primary N) is 1. The van der Waals surface area contributed by atoms with Crippen LogP contribution in [0.3, 0.4) is 0 Å². The number of esters is 1. The molecule has 1 unspecified atom stereocenters. The van der Waals surface area contributed by atoms with Crippen molar-refractivity contribution in [3.63, 3.8) is 0 Å². The van der Waals surface area contributed by atoms with Crippen molar-refractivity contribution in [2.75, 3.05) is 7.11 Å². The maximum Gasteiger partial charge on any atom is 0.338 e. The molecule has 1 atom stereocenters. The lowest BCUT2D eigenvalue weighted by Gasteiger charge is -2.26. The zero-order valence-corrected chi connectivity index (χ0v) is 14.2. The average Bonchev–Trinajstić information content (AvgIpc) is 2.83. The van der Waals surface area contributed by atoms with Gasteiger partial charge in [0.25, 0.3) is 0 Å². The van der Waals surface area contributed by atoms with Gasteiger partial charge in [-0.25, -0.2) is 9.18 Å². The van der Waals surface area contributed by atoms with Gasteiger partial charge in [0.2, 0.25) is 0 Å². The van der Waals surface area contributed by atoms with Crippen molar-refractivity contribution in [3.8, 4) is 6.07 Å². The van der Waals surface area contributed by atoms with Crippen LogP contribution in [0.2, 0.25) is 0 Å². The molecule has 2 aromatic carbocycles. The summed E-state index contributed by atoms with van der Waals surface area (Å²) in [6.45, 7) is 0. The summed E-state index contributed by atoms with van der Waals surface area (Å²) in [6, 6.07) is 12.9. The largest absolute Gasteiger partial charge is 0.466 e. The van der Waals surface area contributed by atoms with Crippen molar-refractivity contribution in [2.24, 2.45) is 5.73 Å². The van der Waals surface area contributed by atoms with E-state index in [1.54, 1.807) is 18.2 Å². The summed E-state index contributed by atoms with van der Waals surface area (Å²) in [4.78, 5) is 12.4. The predicted octanol–water partition coefficient (Wildman–Crippen LogP) is 3.25. The zero-order valence-electron chi connectivity index (χ0n) is 12.6. The Morgan fingerprint density at radius 2 is 1.96 bits per heavy atom. The first-order valence-electron chi connectivity index (χ1n) is 7.02. The average molecular weight is 387 g/mol. The fourth-order valence-corrected chi connectivity index (χ4v) is 3.44. The summed E-state index contributed by atoms with van der Waals surface area (Å²) in [7, 11) is 1.23. The Balaban J connectivity index is 2.41. The molecule has 0 saturated carbocycles. The van der Waals surface area contributed by atoms with Gasteiger partial charge >= 0.3 is 5.97 Å². The van der Waals surface area contributed by atoms with Crippen molar-refractivity contribution in [1.82, 2.24) is 0 Å². The van der Waals surface area contributed by atoms with E-state index in [4.69, 9.17) is 10.5 Å². The molecule has 24 heavy (non-hydrogen) atoms. The number of rotatable bonds is 2. The molecule has 0 heterocycles. The summed E-state index contributed by atoms with van der Waals surface area (Å²) in [5.41, 5.74) is 6.56. The molecule has 3 rings (SSSR count). The highest BCUT2D eigenvalue weighted by molar-refractivity contribution is 9.10. The molecule has 0 bridgehead atoms. The van der Waals surface area contributed by atoms with E-state index in [0.717, 1.165) is 4.47 Å². The van der Waals surface area contributed by atoms with Gasteiger partial charge in [-0.3, -0.25) is 0 Å². The molecular formula is C18H12BrFN2O2. The van der Waals surface area contributed by atoms with E-state index in [2.05, 4.69) is 22.0 Å². The molecule has 0 fully saturated rings. The summed E-state index contributed by atoms with van der Waals surface area (Å²) in [6.07, 6.45) is 0. The van der Waals surface area contributed by atoms with Crippen LogP contribution in [0.4, 0.5) is 4.39 Å². The number of benzene rings is 2. The van der Waals surface area contributed by atoms with Crippen molar-refractivity contribution < 1.29 is 13.9 Å². The van der Waals surface area contributed by atoms with E-state index >= 15 is 0 Å². The van der Waals surface area contributed by atoms with Gasteiger partial charge in [0.1, 0.15) is 11.2 Å². The van der Waals surface area contributed by atoms with Crippen LogP contribution in [-0.2, 0) is 14.9 Å². The maximum absolute atomic E-state index is 13.3. The van der Waals surface area contributed by atoms with Crippen LogP contribution in [0.25, 0.3) is 5.70 Å². The second kappa shape index (κ2) is 5.77. The predicted molar refractivity (Wildman–Crippen MR) is 90.1 cm³/mol. The Morgan fingerprint density at radius 3 is 2.54 bits per heavy atom. The summed E-state index contributed by atoms with van der Waals surface area (Å²) in [5.74, 6) is -1.12. The SMILES string of the molecule is COC(=O)C1=C(N)c2ccc(Br)cc2C1(C#N)c1ccc(F)cc1. The molecule has 0 amide bonds. The molecule has 0 aliphatic heterocycles. The number of hydrogen-bond donors (Lipinski definition) is 1. The Labute approximate surface area is 146 Å². The van der Waals surface area contributed by atoms with E-state index in [0.29, 0.717) is 16.7 Å². The Hall–Kier alpha value is -2.65. The van der Waals surface area contributed by atoms with E-state index < -0.39 is 17.2 Å². The molecule has 0 aromatic heterocycles. The fourth-order valence-electron chi connectivity index (χ4n) is 3.08. The highest BCUT2D eigenvalue weighted by atomic mass is 79.9. The number of carbonyl (C=O) groups excluding carboxylic acids is 1. The van der Waals surface area contributed by atoms with E-state index in [1.807, 2.05) is 0 Å². The number of nitriles is 1. The Bertz CT molecular complexity index is 916. The first kappa shape index (κ1) is 16.2. The monoisotopic (exact) mass is 386 g/mol. The van der Waals surface area contributed by atoms with Gasteiger partial charge in [-0.1, -0.05) is 34.1 Å². The van der Waals surface area contributed by atoms with Crippen LogP contribution in [0.15, 0.2) is 52.5 Å². The van der Waals surface area contributed by atoms with Gasteiger partial charge in [0, 0.05) is 10.0 Å². The van der Waals surface area contributed by atoms with Gasteiger partial charge < -0.3 is 10.5 Å². The van der Waals surface area contributed by atoms with Crippen molar-refractivity contribution in [2.45, 2.75) is 5.41 Å². The topological polar surface area (TPSA) is 76.1 Å². The number of ether oxygens (including phenoxy) is 1. The minimum atomic E-state index is -1.45. The third kappa shape index (κ3) is 2.13. The molecular weight excluding hydrogens is 375 g/mol. The van der Waals surface area contributed by atoms with E-state index in [9.17, 15) is 14.4 Å². The standard InChI is InChI=1S/C18H12BrFN2O2/c1-24-17(23)15-16(22)13-7-4-11(19)8-14(13)18(15,9-21)10-2-5-12(20)6-3-10/h2-8H,22H2,1H3. The van der Waals surface area contributed by atoms with E-state index in [1.165, 1.54) is 31.4 Å². The number of carbonyl (C=O) groups is 1.